The number of H-pyrrole nitrogens is 1. The number of para-hydroxylation sites is 1. The van der Waals surface area contributed by atoms with Crippen LogP contribution < -0.4 is 10.6 Å². The first-order valence-electron chi connectivity index (χ1n) is 12.1. The minimum atomic E-state index is -0.417. The molecule has 0 spiro atoms. The van der Waals surface area contributed by atoms with Crippen molar-refractivity contribution in [2.45, 2.75) is 25.8 Å². The molecule has 3 heterocycles. The van der Waals surface area contributed by atoms with Gasteiger partial charge in [0.05, 0.1) is 29.3 Å². The Labute approximate surface area is 223 Å². The van der Waals surface area contributed by atoms with Gasteiger partial charge in [-0.05, 0) is 53.1 Å². The first kappa shape index (κ1) is 25.1. The highest BCUT2D eigenvalue weighted by molar-refractivity contribution is 6.30. The van der Waals surface area contributed by atoms with E-state index < -0.39 is 6.04 Å². The van der Waals surface area contributed by atoms with E-state index in [1.165, 1.54) is 17.1 Å². The first-order valence-corrected chi connectivity index (χ1v) is 12.5. The van der Waals surface area contributed by atoms with Gasteiger partial charge in [-0.1, -0.05) is 48.9 Å². The second-order valence-corrected chi connectivity index (χ2v) is 9.41. The van der Waals surface area contributed by atoms with Crippen LogP contribution in [0, 0.1) is 5.92 Å². The Kier molecular flexibility index (Phi) is 7.41. The highest BCUT2D eigenvalue weighted by Crippen LogP contribution is 2.29. The number of amides is 2. The first-order chi connectivity index (χ1) is 18.5. The van der Waals surface area contributed by atoms with E-state index in [1.807, 2.05) is 43.3 Å². The van der Waals surface area contributed by atoms with Crippen molar-refractivity contribution in [3.63, 3.8) is 0 Å². The van der Waals surface area contributed by atoms with Crippen LogP contribution in [0.2, 0.25) is 5.02 Å². The van der Waals surface area contributed by atoms with Crippen LogP contribution in [0.25, 0.3) is 23.0 Å². The van der Waals surface area contributed by atoms with Gasteiger partial charge in [-0.15, -0.1) is 5.10 Å². The summed E-state index contributed by atoms with van der Waals surface area (Å²) in [5.74, 6) is 0.263. The molecule has 4 aromatic rings. The van der Waals surface area contributed by atoms with E-state index in [9.17, 15) is 9.59 Å². The largest absolute Gasteiger partial charge is 0.342 e. The van der Waals surface area contributed by atoms with E-state index in [4.69, 9.17) is 11.6 Å². The normalized spacial score (nSPS) is 18.5. The number of hydrogen-bond acceptors (Lipinski definition) is 6. The van der Waals surface area contributed by atoms with E-state index in [0.717, 1.165) is 11.3 Å². The van der Waals surface area contributed by atoms with Gasteiger partial charge in [0.2, 0.25) is 11.8 Å². The topological polar surface area (TPSA) is 130 Å². The number of fused-ring (bicyclic) bond motifs is 4. The molecule has 2 aromatic carbocycles. The molecule has 0 aliphatic carbocycles. The number of hydrogen-bond donors (Lipinski definition) is 3. The third-order valence-corrected chi connectivity index (χ3v) is 6.31. The summed E-state index contributed by atoms with van der Waals surface area (Å²) in [6.07, 6.45) is 11.1. The van der Waals surface area contributed by atoms with Crippen LogP contribution in [-0.4, -0.2) is 42.0 Å². The molecule has 2 bridgehead atoms. The van der Waals surface area contributed by atoms with E-state index in [-0.39, 0.29) is 17.7 Å². The Balaban J connectivity index is 1.41. The lowest BCUT2D eigenvalue weighted by Gasteiger charge is -2.14. The van der Waals surface area contributed by atoms with E-state index >= 15 is 0 Å². The highest BCUT2D eigenvalue weighted by Gasteiger charge is 2.19. The molecule has 11 heteroatoms. The average molecular weight is 529 g/mol. The molecule has 0 fully saturated rings. The molecule has 1 aliphatic rings. The number of nitrogens with one attached hydrogen (secondary N) is 3. The summed E-state index contributed by atoms with van der Waals surface area (Å²) in [5.41, 5.74) is 3.62. The molecule has 192 valence electrons. The number of imidazole rings is 1. The fraction of sp³-hybridized carbons (Fsp3) is 0.185. The smallest absolute Gasteiger partial charge is 0.244 e. The van der Waals surface area contributed by atoms with Gasteiger partial charge in [0.1, 0.15) is 12.2 Å². The Bertz CT molecular complexity index is 1510. The minimum Gasteiger partial charge on any atom is -0.342 e. The van der Waals surface area contributed by atoms with Gasteiger partial charge in [0.15, 0.2) is 0 Å². The lowest BCUT2D eigenvalue weighted by Crippen LogP contribution is -2.27. The highest BCUT2D eigenvalue weighted by atomic mass is 35.5. The average Bonchev–Trinajstić information content (AvgIpc) is 3.60. The van der Waals surface area contributed by atoms with Crippen molar-refractivity contribution in [3.8, 4) is 16.9 Å². The number of aromatic nitrogens is 6. The molecule has 1 unspecified atom stereocenters. The van der Waals surface area contributed by atoms with Crippen LogP contribution in [0.5, 0.6) is 0 Å². The SMILES string of the molecule is C[C@@H]1/C=C\CC(NC(=O)/C=C\c2cc(Cl)ccc2-n2cnnn2)c2ncc([nH]2)-c2ccccc2NC(=O)C1. The number of nitrogens with zero attached hydrogens (tertiary/aromatic N) is 5. The maximum absolute atomic E-state index is 13.0. The van der Waals surface area contributed by atoms with Gasteiger partial charge in [0, 0.05) is 28.6 Å². The van der Waals surface area contributed by atoms with Crippen molar-refractivity contribution in [1.82, 2.24) is 35.5 Å². The van der Waals surface area contributed by atoms with Crippen molar-refractivity contribution in [3.05, 3.63) is 89.6 Å². The molecular weight excluding hydrogens is 504 g/mol. The van der Waals surface area contributed by atoms with Gasteiger partial charge in [-0.2, -0.15) is 4.68 Å². The van der Waals surface area contributed by atoms with E-state index in [2.05, 4.69) is 36.1 Å². The maximum Gasteiger partial charge on any atom is 0.244 e. The van der Waals surface area contributed by atoms with Crippen molar-refractivity contribution >= 4 is 35.2 Å². The van der Waals surface area contributed by atoms with Crippen LogP contribution in [0.1, 0.15) is 37.2 Å². The fourth-order valence-electron chi connectivity index (χ4n) is 4.25. The number of benzene rings is 2. The minimum absolute atomic E-state index is 0.0259. The number of halogens is 1. The molecule has 5 rings (SSSR count). The molecule has 2 atom stereocenters. The number of allylic oxidation sites excluding steroid dienone is 1. The standard InChI is InChI=1S/C27H25ClN8O2/c1-17-5-4-8-22(27-29-15-23(33-27)20-6-2-3-7-21(20)31-26(38)13-17)32-25(37)12-9-18-14-19(28)10-11-24(18)36-16-30-34-35-36/h2-7,9-12,14-17,22H,8,13H2,1H3,(H,29,33)(H,31,38)(H,32,37)/b5-4-,12-9-/t17-,22?/m1/s1. The van der Waals surface area contributed by atoms with Crippen molar-refractivity contribution in [2.75, 3.05) is 5.32 Å². The molecule has 3 N–H and O–H groups in total. The lowest BCUT2D eigenvalue weighted by molar-refractivity contribution is -0.117. The second-order valence-electron chi connectivity index (χ2n) is 8.97. The molecule has 10 nitrogen and oxygen atoms in total. The van der Waals surface area contributed by atoms with Crippen LogP contribution in [-0.2, 0) is 9.59 Å². The number of carbonyl (C=O) groups is 2. The summed E-state index contributed by atoms with van der Waals surface area (Å²) in [5, 5.41) is 17.8. The van der Waals surface area contributed by atoms with Crippen molar-refractivity contribution in [1.29, 1.82) is 0 Å². The van der Waals surface area contributed by atoms with Crippen LogP contribution in [0.15, 0.2) is 73.2 Å². The zero-order chi connectivity index (χ0) is 26.5. The van der Waals surface area contributed by atoms with Crippen LogP contribution in [0.3, 0.4) is 0 Å². The monoisotopic (exact) mass is 528 g/mol. The summed E-state index contributed by atoms with van der Waals surface area (Å²) >= 11 is 6.19. The predicted molar refractivity (Wildman–Crippen MR) is 144 cm³/mol. The van der Waals surface area contributed by atoms with Crippen molar-refractivity contribution in [2.24, 2.45) is 5.92 Å². The molecular formula is C27H25ClN8O2. The van der Waals surface area contributed by atoms with E-state index in [0.29, 0.717) is 40.6 Å². The lowest BCUT2D eigenvalue weighted by atomic mass is 10.0. The van der Waals surface area contributed by atoms with E-state index in [1.54, 1.807) is 30.5 Å². The quantitative estimate of drug-likeness (QED) is 0.264. The Morgan fingerprint density at radius 1 is 1.24 bits per heavy atom. The molecule has 0 radical (unpaired) electrons. The number of anilines is 1. The summed E-state index contributed by atoms with van der Waals surface area (Å²) in [4.78, 5) is 33.5. The molecule has 2 amide bonds. The fourth-order valence-corrected chi connectivity index (χ4v) is 4.43. The number of tetrazole rings is 1. The van der Waals surface area contributed by atoms with Crippen molar-refractivity contribution < 1.29 is 9.59 Å². The molecule has 1 aliphatic heterocycles. The number of rotatable bonds is 4. The summed E-state index contributed by atoms with van der Waals surface area (Å²) in [7, 11) is 0. The maximum atomic E-state index is 13.0. The van der Waals surface area contributed by atoms with Gasteiger partial charge in [0.25, 0.3) is 0 Å². The Hall–Kier alpha value is -4.57. The van der Waals surface area contributed by atoms with Gasteiger partial charge < -0.3 is 15.6 Å². The zero-order valence-corrected chi connectivity index (χ0v) is 21.3. The third kappa shape index (κ3) is 5.87. The van der Waals surface area contributed by atoms with Crippen LogP contribution >= 0.6 is 11.6 Å². The van der Waals surface area contributed by atoms with Gasteiger partial charge >= 0.3 is 0 Å². The predicted octanol–water partition coefficient (Wildman–Crippen LogP) is 4.50. The number of carbonyl (C=O) groups excluding carboxylic acids is 2. The Morgan fingerprint density at radius 3 is 2.95 bits per heavy atom. The molecule has 0 saturated heterocycles. The van der Waals surface area contributed by atoms with Gasteiger partial charge in [-0.25, -0.2) is 4.98 Å². The van der Waals surface area contributed by atoms with Crippen LogP contribution in [0.4, 0.5) is 5.69 Å². The third-order valence-electron chi connectivity index (χ3n) is 6.08. The molecule has 38 heavy (non-hydrogen) atoms. The summed E-state index contributed by atoms with van der Waals surface area (Å²) in [6.45, 7) is 1.98. The number of aromatic amines is 1. The molecule has 2 aromatic heterocycles. The molecule has 0 saturated carbocycles. The zero-order valence-electron chi connectivity index (χ0n) is 20.5. The van der Waals surface area contributed by atoms with Gasteiger partial charge in [-0.3, -0.25) is 9.59 Å². The summed E-state index contributed by atoms with van der Waals surface area (Å²) < 4.78 is 1.50. The summed E-state index contributed by atoms with van der Waals surface area (Å²) in [6, 6.07) is 12.4. The second kappa shape index (κ2) is 11.2. The Morgan fingerprint density at radius 2 is 2.11 bits per heavy atom.